The molecule has 3 N–H and O–H groups in total. The predicted octanol–water partition coefficient (Wildman–Crippen LogP) is 4.33. The van der Waals surface area contributed by atoms with Crippen LogP contribution in [-0.2, 0) is 4.79 Å². The number of thioether (sulfide) groups is 1. The maximum atomic E-state index is 13.9. The van der Waals surface area contributed by atoms with Crippen molar-refractivity contribution in [2.45, 2.75) is 37.8 Å². The summed E-state index contributed by atoms with van der Waals surface area (Å²) in [5, 5.41) is 14.4. The van der Waals surface area contributed by atoms with Crippen LogP contribution in [-0.4, -0.2) is 54.2 Å². The molecule has 0 spiro atoms. The average Bonchev–Trinajstić information content (AvgIpc) is 3.51. The maximum Gasteiger partial charge on any atom is 0.338 e. The highest BCUT2D eigenvalue weighted by Gasteiger charge is 2.34. The van der Waals surface area contributed by atoms with E-state index >= 15 is 0 Å². The fraction of sp³-hybridized carbons (Fsp3) is 0.409. The highest BCUT2D eigenvalue weighted by Crippen LogP contribution is 2.41. The first-order chi connectivity index (χ1) is 15.9. The van der Waals surface area contributed by atoms with E-state index in [0.717, 1.165) is 39.9 Å². The van der Waals surface area contributed by atoms with Gasteiger partial charge in [-0.1, -0.05) is 6.07 Å². The van der Waals surface area contributed by atoms with Crippen LogP contribution in [0.3, 0.4) is 0 Å². The third-order valence-electron chi connectivity index (χ3n) is 6.34. The van der Waals surface area contributed by atoms with Gasteiger partial charge in [-0.3, -0.25) is 9.98 Å². The second-order valence-corrected chi connectivity index (χ2v) is 10.2. The van der Waals surface area contributed by atoms with Gasteiger partial charge in [0.15, 0.2) is 11.8 Å². The van der Waals surface area contributed by atoms with Crippen molar-refractivity contribution in [2.75, 3.05) is 18.0 Å². The summed E-state index contributed by atoms with van der Waals surface area (Å²) >= 11 is 5.28. The summed E-state index contributed by atoms with van der Waals surface area (Å²) in [6.07, 6.45) is 4.00. The molecule has 1 aliphatic carbocycles. The van der Waals surface area contributed by atoms with Crippen LogP contribution in [0.5, 0.6) is 0 Å². The van der Waals surface area contributed by atoms with E-state index < -0.39 is 18.1 Å². The van der Waals surface area contributed by atoms with Crippen LogP contribution in [0.1, 0.15) is 43.0 Å². The van der Waals surface area contributed by atoms with E-state index in [4.69, 9.17) is 15.8 Å². The lowest BCUT2D eigenvalue weighted by Crippen LogP contribution is -2.28. The predicted molar refractivity (Wildman–Crippen MR) is 129 cm³/mol. The van der Waals surface area contributed by atoms with E-state index in [2.05, 4.69) is 31.0 Å². The number of carbonyl (C=O) groups is 1. The first-order valence-electron chi connectivity index (χ1n) is 10.8. The lowest BCUT2D eigenvalue weighted by atomic mass is 9.78. The Balaban J connectivity index is 1.45. The van der Waals surface area contributed by atoms with Crippen molar-refractivity contribution in [2.24, 2.45) is 10.9 Å². The molecule has 1 saturated carbocycles. The molecule has 172 valence electrons. The molecule has 11 heteroatoms. The third kappa shape index (κ3) is 4.12. The summed E-state index contributed by atoms with van der Waals surface area (Å²) in [6, 6.07) is 3.94. The van der Waals surface area contributed by atoms with Crippen molar-refractivity contribution in [1.82, 2.24) is 19.6 Å². The van der Waals surface area contributed by atoms with E-state index in [1.165, 1.54) is 0 Å². The summed E-state index contributed by atoms with van der Waals surface area (Å²) < 4.78 is 16.2. The molecule has 1 atom stereocenters. The van der Waals surface area contributed by atoms with Gasteiger partial charge in [-0.25, -0.2) is 14.2 Å². The third-order valence-corrected chi connectivity index (χ3v) is 8.15. The molecule has 1 aliphatic heterocycles. The number of carboxylic acids is 1. The van der Waals surface area contributed by atoms with E-state index in [9.17, 15) is 9.18 Å². The molecule has 0 bridgehead atoms. The summed E-state index contributed by atoms with van der Waals surface area (Å²) in [7, 11) is 0. The number of rotatable bonds is 5. The molecule has 0 saturated heterocycles. The number of aliphatic imine (C=N–C) groups is 1. The minimum absolute atomic E-state index is 0.0598. The van der Waals surface area contributed by atoms with E-state index in [1.54, 1.807) is 28.7 Å². The van der Waals surface area contributed by atoms with Crippen molar-refractivity contribution in [1.29, 1.82) is 0 Å². The van der Waals surface area contributed by atoms with E-state index in [-0.39, 0.29) is 5.92 Å². The van der Waals surface area contributed by atoms with E-state index in [0.29, 0.717) is 41.6 Å². The number of alkyl halides is 1. The van der Waals surface area contributed by atoms with Gasteiger partial charge in [-0.2, -0.15) is 9.61 Å². The van der Waals surface area contributed by atoms with Gasteiger partial charge in [-0.05, 0) is 47.7 Å². The lowest BCUT2D eigenvalue weighted by molar-refractivity contribution is -0.145. The van der Waals surface area contributed by atoms with Gasteiger partial charge in [0.1, 0.15) is 10.9 Å². The van der Waals surface area contributed by atoms with Crippen molar-refractivity contribution in [3.8, 4) is 11.1 Å². The number of pyridine rings is 1. The van der Waals surface area contributed by atoms with Gasteiger partial charge in [0.2, 0.25) is 0 Å². The number of hydrogen-bond acceptors (Lipinski definition) is 7. The number of fused-ring (bicyclic) bond motifs is 1. The van der Waals surface area contributed by atoms with Crippen LogP contribution in [0.4, 0.5) is 10.2 Å². The SMILES string of the molecule is Nc1c(Br)c(C2CCC(C(F)C(=O)O)CC2)nc2c(-c3ccc(C4=NCCS4)nc3)cnn12. The van der Waals surface area contributed by atoms with Crippen LogP contribution in [0.2, 0.25) is 0 Å². The number of hydrogen-bond donors (Lipinski definition) is 2. The maximum absolute atomic E-state index is 13.9. The Morgan fingerprint density at radius 2 is 2.06 bits per heavy atom. The lowest BCUT2D eigenvalue weighted by Gasteiger charge is -2.29. The number of anilines is 1. The largest absolute Gasteiger partial charge is 0.479 e. The number of nitrogens with two attached hydrogens (primary N) is 1. The number of nitrogens with zero attached hydrogens (tertiary/aromatic N) is 5. The van der Waals surface area contributed by atoms with Crippen LogP contribution in [0.25, 0.3) is 16.8 Å². The van der Waals surface area contributed by atoms with Gasteiger partial charge in [0, 0.05) is 41.5 Å². The van der Waals surface area contributed by atoms with Crippen molar-refractivity contribution in [3.63, 3.8) is 0 Å². The van der Waals surface area contributed by atoms with Crippen LogP contribution < -0.4 is 5.73 Å². The zero-order valence-corrected chi connectivity index (χ0v) is 20.0. The van der Waals surface area contributed by atoms with Crippen LogP contribution in [0.15, 0.2) is 34.0 Å². The standard InChI is InChI=1S/C22H22BrFN6O2S/c23-16-18(12-3-1-11(2-4-12)17(24)22(31)32)29-20-14(10-28-30(20)19(16)25)13-5-6-15(27-9-13)21-26-7-8-33-21/h5-6,9-12,17H,1-4,7-8,25H2,(H,31,32). The highest BCUT2D eigenvalue weighted by molar-refractivity contribution is 9.10. The number of carboxylic acid groups (broad SMARTS) is 1. The second kappa shape index (κ2) is 9.02. The van der Waals surface area contributed by atoms with Gasteiger partial charge in [-0.15, -0.1) is 11.8 Å². The Morgan fingerprint density at radius 1 is 1.27 bits per heavy atom. The van der Waals surface area contributed by atoms with Crippen molar-refractivity contribution < 1.29 is 14.3 Å². The Labute approximate surface area is 202 Å². The smallest absolute Gasteiger partial charge is 0.338 e. The first-order valence-corrected chi connectivity index (χ1v) is 12.6. The Hall–Kier alpha value is -2.53. The Morgan fingerprint density at radius 3 is 2.70 bits per heavy atom. The molecular weight excluding hydrogens is 511 g/mol. The van der Waals surface area contributed by atoms with Crippen molar-refractivity contribution >= 4 is 50.2 Å². The van der Waals surface area contributed by atoms with Crippen molar-refractivity contribution in [3.05, 3.63) is 40.4 Å². The fourth-order valence-electron chi connectivity index (χ4n) is 4.54. The Bertz CT molecular complexity index is 1240. The summed E-state index contributed by atoms with van der Waals surface area (Å²) in [5.41, 5.74) is 10.4. The molecule has 33 heavy (non-hydrogen) atoms. The van der Waals surface area contributed by atoms with Crippen LogP contribution in [0, 0.1) is 5.92 Å². The summed E-state index contributed by atoms with van der Waals surface area (Å²) in [6.45, 7) is 0.822. The van der Waals surface area contributed by atoms with Gasteiger partial charge in [0.05, 0.1) is 22.1 Å². The molecule has 1 unspecified atom stereocenters. The molecule has 0 amide bonds. The van der Waals surface area contributed by atoms with Gasteiger partial charge < -0.3 is 10.8 Å². The molecule has 0 aromatic carbocycles. The molecule has 3 aromatic heterocycles. The zero-order valence-electron chi connectivity index (χ0n) is 17.6. The van der Waals surface area contributed by atoms with Crippen LogP contribution >= 0.6 is 27.7 Å². The normalized spacial score (nSPS) is 21.8. The number of aromatic nitrogens is 4. The zero-order chi connectivity index (χ0) is 23.1. The summed E-state index contributed by atoms with van der Waals surface area (Å²) in [5.74, 6) is -0.359. The minimum atomic E-state index is -1.82. The van der Waals surface area contributed by atoms with E-state index in [1.807, 2.05) is 12.1 Å². The quantitative estimate of drug-likeness (QED) is 0.501. The molecule has 4 heterocycles. The number of aliphatic carboxylic acids is 1. The molecule has 3 aromatic rings. The highest BCUT2D eigenvalue weighted by atomic mass is 79.9. The number of nitrogen functional groups attached to an aromatic ring is 1. The van der Waals surface area contributed by atoms with Gasteiger partial charge >= 0.3 is 5.97 Å². The monoisotopic (exact) mass is 532 g/mol. The molecule has 1 fully saturated rings. The number of halogens is 2. The molecule has 8 nitrogen and oxygen atoms in total. The fourth-order valence-corrected chi connectivity index (χ4v) is 5.95. The molecule has 2 aliphatic rings. The average molecular weight is 533 g/mol. The summed E-state index contributed by atoms with van der Waals surface area (Å²) in [4.78, 5) is 25.0. The second-order valence-electron chi connectivity index (χ2n) is 8.31. The minimum Gasteiger partial charge on any atom is -0.479 e. The van der Waals surface area contributed by atoms with Gasteiger partial charge in [0.25, 0.3) is 0 Å². The Kier molecular flexibility index (Phi) is 6.09. The topological polar surface area (TPSA) is 119 Å². The molecular formula is C22H22BrFN6O2S. The first kappa shape index (κ1) is 22.3. The molecule has 5 rings (SSSR count). The molecule has 0 radical (unpaired) electrons.